The lowest BCUT2D eigenvalue weighted by Crippen LogP contribution is -2.32. The Hall–Kier alpha value is -1.88. The number of anilines is 1. The van der Waals surface area contributed by atoms with Crippen molar-refractivity contribution in [2.24, 2.45) is 5.92 Å². The summed E-state index contributed by atoms with van der Waals surface area (Å²) >= 11 is 3.50. The van der Waals surface area contributed by atoms with Crippen LogP contribution in [-0.4, -0.2) is 25.5 Å². The predicted octanol–water partition coefficient (Wildman–Crippen LogP) is 3.77. The van der Waals surface area contributed by atoms with Gasteiger partial charge >= 0.3 is 0 Å². The van der Waals surface area contributed by atoms with Crippen LogP contribution in [0.2, 0.25) is 0 Å². The standard InChI is InChI=1S/C19H20BrFN2O/c20-16-2-1-3-18(11-16)23-9-8-15(13-23)12-22-19(24)10-14-4-6-17(21)7-5-14/h1-7,11,15H,8-10,12-13H2,(H,22,24). The molecule has 0 aliphatic carbocycles. The summed E-state index contributed by atoms with van der Waals surface area (Å²) in [4.78, 5) is 14.4. The van der Waals surface area contributed by atoms with Gasteiger partial charge in [-0.25, -0.2) is 4.39 Å². The van der Waals surface area contributed by atoms with E-state index in [2.05, 4.69) is 38.3 Å². The molecule has 1 N–H and O–H groups in total. The summed E-state index contributed by atoms with van der Waals surface area (Å²) in [5, 5.41) is 3.00. The Balaban J connectivity index is 1.45. The van der Waals surface area contributed by atoms with Crippen molar-refractivity contribution >= 4 is 27.5 Å². The highest BCUT2D eigenvalue weighted by molar-refractivity contribution is 9.10. The van der Waals surface area contributed by atoms with Crippen LogP contribution in [0, 0.1) is 11.7 Å². The first-order chi connectivity index (χ1) is 11.6. The Labute approximate surface area is 150 Å². The largest absolute Gasteiger partial charge is 0.371 e. The van der Waals surface area contributed by atoms with Crippen molar-refractivity contribution in [1.29, 1.82) is 0 Å². The lowest BCUT2D eigenvalue weighted by atomic mass is 10.1. The minimum atomic E-state index is -0.280. The van der Waals surface area contributed by atoms with Gasteiger partial charge in [0, 0.05) is 29.8 Å². The van der Waals surface area contributed by atoms with Gasteiger partial charge in [-0.05, 0) is 48.2 Å². The van der Waals surface area contributed by atoms with Gasteiger partial charge in [-0.1, -0.05) is 34.1 Å². The van der Waals surface area contributed by atoms with Crippen LogP contribution in [0.1, 0.15) is 12.0 Å². The molecule has 1 heterocycles. The van der Waals surface area contributed by atoms with Gasteiger partial charge in [0.05, 0.1) is 6.42 Å². The van der Waals surface area contributed by atoms with Gasteiger partial charge < -0.3 is 10.2 Å². The third kappa shape index (κ3) is 4.57. The molecule has 3 nitrogen and oxygen atoms in total. The molecule has 126 valence electrons. The minimum Gasteiger partial charge on any atom is -0.371 e. The van der Waals surface area contributed by atoms with Crippen LogP contribution < -0.4 is 10.2 Å². The summed E-state index contributed by atoms with van der Waals surface area (Å²) in [5.41, 5.74) is 2.04. The molecule has 0 aromatic heterocycles. The number of nitrogens with one attached hydrogen (secondary N) is 1. The van der Waals surface area contributed by atoms with Crippen molar-refractivity contribution in [1.82, 2.24) is 5.32 Å². The molecule has 0 bridgehead atoms. The van der Waals surface area contributed by atoms with E-state index in [1.165, 1.54) is 17.8 Å². The molecule has 0 radical (unpaired) electrons. The highest BCUT2D eigenvalue weighted by atomic mass is 79.9. The molecule has 1 atom stereocenters. The van der Waals surface area contributed by atoms with Gasteiger partial charge in [0.1, 0.15) is 5.82 Å². The summed E-state index contributed by atoms with van der Waals surface area (Å²) in [6.45, 7) is 2.65. The smallest absolute Gasteiger partial charge is 0.224 e. The SMILES string of the molecule is O=C(Cc1ccc(F)cc1)NCC1CCN(c2cccc(Br)c2)C1. The Morgan fingerprint density at radius 3 is 2.79 bits per heavy atom. The number of rotatable bonds is 5. The second-order valence-electron chi connectivity index (χ2n) is 6.19. The van der Waals surface area contributed by atoms with E-state index in [-0.39, 0.29) is 11.7 Å². The number of amides is 1. The molecule has 1 fully saturated rings. The van der Waals surface area contributed by atoms with E-state index >= 15 is 0 Å². The summed E-state index contributed by atoms with van der Waals surface area (Å²) in [6, 6.07) is 14.4. The molecule has 2 aromatic carbocycles. The van der Waals surface area contributed by atoms with E-state index in [1.54, 1.807) is 12.1 Å². The van der Waals surface area contributed by atoms with Crippen molar-refractivity contribution < 1.29 is 9.18 Å². The average molecular weight is 391 g/mol. The number of nitrogens with zero attached hydrogens (tertiary/aromatic N) is 1. The Kier molecular flexibility index (Phi) is 5.51. The summed E-state index contributed by atoms with van der Waals surface area (Å²) in [6.07, 6.45) is 1.37. The maximum atomic E-state index is 12.9. The highest BCUT2D eigenvalue weighted by Gasteiger charge is 2.23. The molecule has 2 aromatic rings. The molecule has 24 heavy (non-hydrogen) atoms. The molecule has 1 amide bonds. The maximum Gasteiger partial charge on any atom is 0.224 e. The number of carbonyl (C=O) groups is 1. The molecular weight excluding hydrogens is 371 g/mol. The Morgan fingerprint density at radius 2 is 2.04 bits per heavy atom. The van der Waals surface area contributed by atoms with Gasteiger partial charge in [-0.2, -0.15) is 0 Å². The van der Waals surface area contributed by atoms with E-state index in [0.717, 1.165) is 29.5 Å². The van der Waals surface area contributed by atoms with E-state index in [1.807, 2.05) is 12.1 Å². The van der Waals surface area contributed by atoms with Crippen LogP contribution in [0.25, 0.3) is 0 Å². The molecule has 5 heteroatoms. The van der Waals surface area contributed by atoms with Crippen LogP contribution in [0.5, 0.6) is 0 Å². The minimum absolute atomic E-state index is 0.0116. The van der Waals surface area contributed by atoms with Crippen molar-refractivity contribution in [3.63, 3.8) is 0 Å². The Morgan fingerprint density at radius 1 is 1.25 bits per heavy atom. The van der Waals surface area contributed by atoms with Crippen LogP contribution in [0.3, 0.4) is 0 Å². The number of carbonyl (C=O) groups excluding carboxylic acids is 1. The zero-order chi connectivity index (χ0) is 16.9. The molecule has 1 aliphatic rings. The normalized spacial score (nSPS) is 17.1. The quantitative estimate of drug-likeness (QED) is 0.842. The summed E-state index contributed by atoms with van der Waals surface area (Å²) in [7, 11) is 0. The van der Waals surface area contributed by atoms with Crippen LogP contribution >= 0.6 is 15.9 Å². The number of benzene rings is 2. The van der Waals surface area contributed by atoms with Gasteiger partial charge in [0.15, 0.2) is 0 Å². The van der Waals surface area contributed by atoms with Gasteiger partial charge in [0.25, 0.3) is 0 Å². The first-order valence-electron chi connectivity index (χ1n) is 8.12. The van der Waals surface area contributed by atoms with E-state index < -0.39 is 0 Å². The molecule has 0 saturated carbocycles. The molecule has 1 saturated heterocycles. The maximum absolute atomic E-state index is 12.9. The average Bonchev–Trinajstić information content (AvgIpc) is 3.04. The predicted molar refractivity (Wildman–Crippen MR) is 97.6 cm³/mol. The van der Waals surface area contributed by atoms with E-state index in [9.17, 15) is 9.18 Å². The summed E-state index contributed by atoms with van der Waals surface area (Å²) in [5.74, 6) is 0.168. The molecule has 1 aliphatic heterocycles. The topological polar surface area (TPSA) is 32.3 Å². The second kappa shape index (κ2) is 7.79. The van der Waals surface area contributed by atoms with Crippen molar-refractivity contribution in [3.05, 3.63) is 64.4 Å². The number of halogens is 2. The first kappa shape index (κ1) is 17.0. The third-order valence-electron chi connectivity index (χ3n) is 4.33. The fourth-order valence-electron chi connectivity index (χ4n) is 3.01. The van der Waals surface area contributed by atoms with Gasteiger partial charge in [-0.15, -0.1) is 0 Å². The number of hydrogen-bond acceptors (Lipinski definition) is 2. The number of hydrogen-bond donors (Lipinski definition) is 1. The highest BCUT2D eigenvalue weighted by Crippen LogP contribution is 2.25. The lowest BCUT2D eigenvalue weighted by molar-refractivity contribution is -0.120. The molecule has 1 unspecified atom stereocenters. The van der Waals surface area contributed by atoms with E-state index in [0.29, 0.717) is 18.9 Å². The molecule has 3 rings (SSSR count). The molecular formula is C19H20BrFN2O. The fraction of sp³-hybridized carbons (Fsp3) is 0.316. The van der Waals surface area contributed by atoms with Crippen LogP contribution in [-0.2, 0) is 11.2 Å². The zero-order valence-corrected chi connectivity index (χ0v) is 14.9. The molecule has 0 spiro atoms. The van der Waals surface area contributed by atoms with Crippen molar-refractivity contribution in [2.75, 3.05) is 24.5 Å². The summed E-state index contributed by atoms with van der Waals surface area (Å²) < 4.78 is 13.9. The Bertz CT molecular complexity index is 705. The fourth-order valence-corrected chi connectivity index (χ4v) is 3.40. The van der Waals surface area contributed by atoms with Crippen LogP contribution in [0.4, 0.5) is 10.1 Å². The first-order valence-corrected chi connectivity index (χ1v) is 8.91. The zero-order valence-electron chi connectivity index (χ0n) is 13.3. The van der Waals surface area contributed by atoms with Crippen molar-refractivity contribution in [2.45, 2.75) is 12.8 Å². The van der Waals surface area contributed by atoms with E-state index in [4.69, 9.17) is 0 Å². The second-order valence-corrected chi connectivity index (χ2v) is 7.10. The van der Waals surface area contributed by atoms with Crippen LogP contribution in [0.15, 0.2) is 53.0 Å². The third-order valence-corrected chi connectivity index (χ3v) is 4.82. The van der Waals surface area contributed by atoms with Gasteiger partial charge in [0.2, 0.25) is 5.91 Å². The van der Waals surface area contributed by atoms with Crippen molar-refractivity contribution in [3.8, 4) is 0 Å². The lowest BCUT2D eigenvalue weighted by Gasteiger charge is -2.19. The van der Waals surface area contributed by atoms with Gasteiger partial charge in [-0.3, -0.25) is 4.79 Å². The monoisotopic (exact) mass is 390 g/mol.